The molecule has 1 fully saturated rings. The molecule has 0 unspecified atom stereocenters. The molecule has 0 atom stereocenters. The number of hydrogen-bond acceptors (Lipinski definition) is 5. The lowest BCUT2D eigenvalue weighted by molar-refractivity contribution is -0.121. The van der Waals surface area contributed by atoms with Crippen LogP contribution in [0, 0.1) is 0 Å². The third-order valence-corrected chi connectivity index (χ3v) is 6.39. The van der Waals surface area contributed by atoms with Gasteiger partial charge in [0.25, 0.3) is 5.91 Å². The maximum Gasteiger partial charge on any atom is 0.335 e. The monoisotopic (exact) mass is 522 g/mol. The van der Waals surface area contributed by atoms with Crippen LogP contribution in [0.3, 0.4) is 0 Å². The number of aromatic carboxylic acids is 1. The van der Waals surface area contributed by atoms with E-state index in [0.717, 1.165) is 15.6 Å². The molecule has 3 aromatic rings. The zero-order valence-electron chi connectivity index (χ0n) is 17.6. The number of hydrogen-bond donors (Lipinski definition) is 1. The smallest absolute Gasteiger partial charge is 0.335 e. The van der Waals surface area contributed by atoms with Gasteiger partial charge in [0.15, 0.2) is 5.17 Å². The van der Waals surface area contributed by atoms with Crippen molar-refractivity contribution < 1.29 is 19.4 Å². The molecular formula is C25H19BrN2O4S. The van der Waals surface area contributed by atoms with Gasteiger partial charge in [0, 0.05) is 17.1 Å². The van der Waals surface area contributed by atoms with Gasteiger partial charge >= 0.3 is 5.97 Å². The predicted octanol–water partition coefficient (Wildman–Crippen LogP) is 5.96. The van der Waals surface area contributed by atoms with Crippen LogP contribution in [0.15, 0.2) is 87.2 Å². The third kappa shape index (κ3) is 5.53. The fourth-order valence-electron chi connectivity index (χ4n) is 3.08. The second-order valence-corrected chi connectivity index (χ2v) is 9.10. The minimum Gasteiger partial charge on any atom is -0.488 e. The molecule has 1 saturated heterocycles. The molecule has 4 rings (SSSR count). The Balaban J connectivity index is 1.58. The number of aliphatic imine (C=N–C) groups is 1. The van der Waals surface area contributed by atoms with E-state index in [0.29, 0.717) is 28.1 Å². The van der Waals surface area contributed by atoms with Crippen LogP contribution in [-0.2, 0) is 11.4 Å². The Hall–Kier alpha value is -3.36. The molecule has 0 spiro atoms. The number of likely N-dealkylation sites (N-methyl/N-ethyl adjacent to an activating group) is 1. The van der Waals surface area contributed by atoms with E-state index in [1.54, 1.807) is 25.3 Å². The number of nitrogens with zero attached hydrogens (tertiary/aromatic N) is 2. The molecule has 1 N–H and O–H groups in total. The molecule has 33 heavy (non-hydrogen) atoms. The zero-order chi connectivity index (χ0) is 23.4. The molecule has 1 heterocycles. The van der Waals surface area contributed by atoms with E-state index < -0.39 is 5.97 Å². The van der Waals surface area contributed by atoms with Gasteiger partial charge in [-0.15, -0.1) is 0 Å². The quantitative estimate of drug-likeness (QED) is 0.404. The molecule has 0 saturated carbocycles. The minimum absolute atomic E-state index is 0.171. The van der Waals surface area contributed by atoms with Gasteiger partial charge in [0.2, 0.25) is 0 Å². The van der Waals surface area contributed by atoms with Crippen LogP contribution in [-0.4, -0.2) is 34.1 Å². The highest BCUT2D eigenvalue weighted by molar-refractivity contribution is 9.10. The summed E-state index contributed by atoms with van der Waals surface area (Å²) in [5, 5.41) is 9.55. The first-order valence-electron chi connectivity index (χ1n) is 9.96. The van der Waals surface area contributed by atoms with Gasteiger partial charge in [0.05, 0.1) is 16.2 Å². The Kier molecular flexibility index (Phi) is 6.96. The van der Waals surface area contributed by atoms with Crippen LogP contribution in [0.4, 0.5) is 5.69 Å². The molecule has 0 bridgehead atoms. The van der Waals surface area contributed by atoms with Crippen molar-refractivity contribution in [1.82, 2.24) is 4.90 Å². The normalized spacial score (nSPS) is 15.9. The van der Waals surface area contributed by atoms with E-state index in [4.69, 9.17) is 9.84 Å². The van der Waals surface area contributed by atoms with Gasteiger partial charge in [-0.2, -0.15) is 0 Å². The van der Waals surface area contributed by atoms with Gasteiger partial charge in [-0.3, -0.25) is 9.69 Å². The molecule has 1 amide bonds. The third-order valence-electron chi connectivity index (χ3n) is 4.84. The van der Waals surface area contributed by atoms with E-state index in [9.17, 15) is 9.59 Å². The number of amidine groups is 1. The summed E-state index contributed by atoms with van der Waals surface area (Å²) in [5.74, 6) is -0.503. The molecule has 0 aliphatic carbocycles. The van der Waals surface area contributed by atoms with Crippen molar-refractivity contribution in [1.29, 1.82) is 0 Å². The number of amides is 1. The van der Waals surface area contributed by atoms with E-state index in [-0.39, 0.29) is 11.5 Å². The number of carbonyl (C=O) groups is 2. The molecule has 1 aliphatic rings. The number of ether oxygens (including phenoxy) is 1. The van der Waals surface area contributed by atoms with Crippen LogP contribution in [0.1, 0.15) is 21.5 Å². The fourth-order valence-corrected chi connectivity index (χ4v) is 4.44. The summed E-state index contributed by atoms with van der Waals surface area (Å²) in [7, 11) is 1.66. The molecule has 0 radical (unpaired) electrons. The molecule has 6 nitrogen and oxygen atoms in total. The highest BCUT2D eigenvalue weighted by Crippen LogP contribution is 2.35. The zero-order valence-corrected chi connectivity index (χ0v) is 20.0. The SMILES string of the molecule is CN1C(=O)C(=Cc2cc(Br)ccc2OCc2ccccc2)SC1=Nc1ccc(C(=O)O)cc1. The second-order valence-electron chi connectivity index (χ2n) is 7.18. The molecular weight excluding hydrogens is 504 g/mol. The Morgan fingerprint density at radius 2 is 1.85 bits per heavy atom. The van der Waals surface area contributed by atoms with Crippen LogP contribution >= 0.6 is 27.7 Å². The average Bonchev–Trinajstić information content (AvgIpc) is 3.07. The van der Waals surface area contributed by atoms with Crippen molar-refractivity contribution in [3.05, 3.63) is 98.9 Å². The topological polar surface area (TPSA) is 79.2 Å². The molecule has 166 valence electrons. The maximum atomic E-state index is 12.9. The summed E-state index contributed by atoms with van der Waals surface area (Å²) in [6.07, 6.45) is 1.80. The summed E-state index contributed by atoms with van der Waals surface area (Å²) in [5.41, 5.74) is 2.57. The Morgan fingerprint density at radius 1 is 1.12 bits per heavy atom. The average molecular weight is 523 g/mol. The summed E-state index contributed by atoms with van der Waals surface area (Å²) in [6, 6.07) is 21.7. The largest absolute Gasteiger partial charge is 0.488 e. The Bertz CT molecular complexity index is 1260. The van der Waals surface area contributed by atoms with Crippen molar-refractivity contribution in [2.45, 2.75) is 6.61 Å². The van der Waals surface area contributed by atoms with Crippen LogP contribution in [0.5, 0.6) is 5.75 Å². The van der Waals surface area contributed by atoms with Crippen LogP contribution in [0.25, 0.3) is 6.08 Å². The first-order chi connectivity index (χ1) is 15.9. The predicted molar refractivity (Wildman–Crippen MR) is 134 cm³/mol. The minimum atomic E-state index is -0.999. The van der Waals surface area contributed by atoms with E-state index >= 15 is 0 Å². The summed E-state index contributed by atoms with van der Waals surface area (Å²) in [4.78, 5) is 30.4. The van der Waals surface area contributed by atoms with Crippen LogP contribution < -0.4 is 4.74 Å². The van der Waals surface area contributed by atoms with Crippen molar-refractivity contribution in [2.24, 2.45) is 4.99 Å². The number of thioether (sulfide) groups is 1. The number of carboxylic acids is 1. The van der Waals surface area contributed by atoms with Gasteiger partial charge < -0.3 is 9.84 Å². The Morgan fingerprint density at radius 3 is 2.55 bits per heavy atom. The van der Waals surface area contributed by atoms with Crippen molar-refractivity contribution in [3.8, 4) is 5.75 Å². The van der Waals surface area contributed by atoms with Gasteiger partial charge in [-0.1, -0.05) is 46.3 Å². The molecule has 0 aromatic heterocycles. The highest BCUT2D eigenvalue weighted by atomic mass is 79.9. The standard InChI is InChI=1S/C25H19BrN2O4S/c1-28-23(29)22(33-25(28)27-20-10-7-17(8-11-20)24(30)31)14-18-13-19(26)9-12-21(18)32-15-16-5-3-2-4-6-16/h2-14H,15H2,1H3,(H,30,31). The van der Waals surface area contributed by atoms with Gasteiger partial charge in [-0.25, -0.2) is 9.79 Å². The number of rotatable bonds is 6. The van der Waals surface area contributed by atoms with Crippen molar-refractivity contribution in [3.63, 3.8) is 0 Å². The summed E-state index contributed by atoms with van der Waals surface area (Å²) >= 11 is 4.74. The number of carbonyl (C=O) groups excluding carboxylic acids is 1. The lowest BCUT2D eigenvalue weighted by Gasteiger charge is -2.10. The van der Waals surface area contributed by atoms with Gasteiger partial charge in [-0.05, 0) is 65.9 Å². The lowest BCUT2D eigenvalue weighted by atomic mass is 10.1. The summed E-state index contributed by atoms with van der Waals surface area (Å²) in [6.45, 7) is 0.415. The maximum absolute atomic E-state index is 12.9. The van der Waals surface area contributed by atoms with Crippen LogP contribution in [0.2, 0.25) is 0 Å². The Labute approximate surface area is 203 Å². The number of carboxylic acid groups (broad SMARTS) is 1. The fraction of sp³-hybridized carbons (Fsp3) is 0.0800. The van der Waals surface area contributed by atoms with Gasteiger partial charge in [0.1, 0.15) is 12.4 Å². The first kappa shape index (κ1) is 22.8. The van der Waals surface area contributed by atoms with E-state index in [2.05, 4.69) is 20.9 Å². The van der Waals surface area contributed by atoms with Crippen molar-refractivity contribution in [2.75, 3.05) is 7.05 Å². The second kappa shape index (κ2) is 10.1. The number of benzene rings is 3. The van der Waals surface area contributed by atoms with E-state index in [1.165, 1.54) is 28.8 Å². The first-order valence-corrected chi connectivity index (χ1v) is 11.6. The summed E-state index contributed by atoms with van der Waals surface area (Å²) < 4.78 is 6.90. The highest BCUT2D eigenvalue weighted by Gasteiger charge is 2.30. The molecule has 1 aliphatic heterocycles. The molecule has 3 aromatic carbocycles. The van der Waals surface area contributed by atoms with Crippen molar-refractivity contribution >= 4 is 56.5 Å². The van der Waals surface area contributed by atoms with E-state index in [1.807, 2.05) is 48.5 Å². The lowest BCUT2D eigenvalue weighted by Crippen LogP contribution is -2.23. The molecule has 8 heteroatoms. The number of halogens is 1.